The van der Waals surface area contributed by atoms with E-state index in [2.05, 4.69) is 0 Å². The van der Waals surface area contributed by atoms with Gasteiger partial charge in [0.15, 0.2) is 11.6 Å². The van der Waals surface area contributed by atoms with Gasteiger partial charge in [-0.1, -0.05) is 59.7 Å². The van der Waals surface area contributed by atoms with Gasteiger partial charge >= 0.3 is 16.5 Å². The van der Waals surface area contributed by atoms with E-state index in [0.717, 1.165) is 11.1 Å². The van der Waals surface area contributed by atoms with E-state index in [1.54, 1.807) is 24.3 Å². The molecule has 0 aromatic heterocycles. The fourth-order valence-corrected chi connectivity index (χ4v) is 2.14. The van der Waals surface area contributed by atoms with Gasteiger partial charge in [-0.15, -0.1) is 0 Å². The van der Waals surface area contributed by atoms with Crippen LogP contribution >= 0.6 is 0 Å². The molecule has 2 aromatic carbocycles. The van der Waals surface area contributed by atoms with Gasteiger partial charge in [-0.05, 0) is 27.7 Å². The van der Waals surface area contributed by atoms with E-state index in [1.165, 1.54) is 13.8 Å². The minimum Gasteiger partial charge on any atom is -0.300 e. The van der Waals surface area contributed by atoms with Gasteiger partial charge in [0.2, 0.25) is 0 Å². The van der Waals surface area contributed by atoms with Gasteiger partial charge < -0.3 is 0 Å². The molecule has 27 heavy (non-hydrogen) atoms. The summed E-state index contributed by atoms with van der Waals surface area (Å²) in [6, 6.07) is 14.5. The molecule has 144 valence electrons. The molecule has 5 heteroatoms. The SMILES string of the molecule is CC(=O)CC(=O)c1ccc(C)cc1.CC(=O)CC(=O)c1ccc(C)cc1.[Ni+2]. The minimum atomic E-state index is -0.104. The molecule has 0 fully saturated rings. The number of ketones is 4. The third kappa shape index (κ3) is 9.76. The first-order valence-electron chi connectivity index (χ1n) is 8.37. The number of rotatable bonds is 6. The smallest absolute Gasteiger partial charge is 0.300 e. The van der Waals surface area contributed by atoms with Crippen LogP contribution in [0.25, 0.3) is 0 Å². The van der Waals surface area contributed by atoms with E-state index < -0.39 is 0 Å². The maximum absolute atomic E-state index is 11.3. The zero-order valence-electron chi connectivity index (χ0n) is 16.0. The zero-order chi connectivity index (χ0) is 19.7. The van der Waals surface area contributed by atoms with Crippen molar-refractivity contribution in [2.45, 2.75) is 40.5 Å². The standard InChI is InChI=1S/2C11H12O2.Ni/c2*1-8-3-5-10(6-4-8)11(13)7-9(2)12;/h2*3-6H,7H2,1-2H3;/q;;+2. The van der Waals surface area contributed by atoms with Crippen molar-refractivity contribution >= 4 is 23.1 Å². The van der Waals surface area contributed by atoms with Crippen LogP contribution in [0.1, 0.15) is 58.5 Å². The largest absolute Gasteiger partial charge is 2.00 e. The first-order chi connectivity index (χ1) is 12.2. The fraction of sp³-hybridized carbons (Fsp3) is 0.273. The molecule has 0 aliphatic rings. The molecule has 0 saturated heterocycles. The molecule has 2 rings (SSSR count). The van der Waals surface area contributed by atoms with Gasteiger partial charge in [0.1, 0.15) is 11.6 Å². The molecule has 2 aromatic rings. The van der Waals surface area contributed by atoms with Gasteiger partial charge in [-0.25, -0.2) is 0 Å². The summed E-state index contributed by atoms with van der Waals surface area (Å²) in [5, 5.41) is 0. The van der Waals surface area contributed by atoms with Crippen LogP contribution in [-0.4, -0.2) is 23.1 Å². The van der Waals surface area contributed by atoms with Crippen molar-refractivity contribution in [3.8, 4) is 0 Å². The molecular weight excluding hydrogens is 387 g/mol. The number of benzene rings is 2. The Bertz CT molecular complexity index is 721. The molecule has 0 aliphatic carbocycles. The first kappa shape index (κ1) is 24.6. The van der Waals surface area contributed by atoms with Crippen LogP contribution in [0.2, 0.25) is 0 Å². The number of hydrogen-bond donors (Lipinski definition) is 0. The van der Waals surface area contributed by atoms with Crippen LogP contribution in [0.15, 0.2) is 48.5 Å². The van der Waals surface area contributed by atoms with Crippen LogP contribution in [0, 0.1) is 13.8 Å². The Morgan fingerprint density at radius 3 is 1.07 bits per heavy atom. The summed E-state index contributed by atoms with van der Waals surface area (Å²) in [5.41, 5.74) is 3.44. The van der Waals surface area contributed by atoms with Gasteiger partial charge in [0.05, 0.1) is 12.8 Å². The van der Waals surface area contributed by atoms with E-state index in [0.29, 0.717) is 11.1 Å². The Kier molecular flexibility index (Phi) is 11.0. The molecule has 0 amide bonds. The van der Waals surface area contributed by atoms with Gasteiger partial charge in [0, 0.05) is 11.1 Å². The van der Waals surface area contributed by atoms with Crippen molar-refractivity contribution in [2.75, 3.05) is 0 Å². The maximum Gasteiger partial charge on any atom is 2.00 e. The summed E-state index contributed by atoms with van der Waals surface area (Å²) in [4.78, 5) is 44.0. The summed E-state index contributed by atoms with van der Waals surface area (Å²) < 4.78 is 0. The number of carbonyl (C=O) groups excluding carboxylic acids is 4. The van der Waals surface area contributed by atoms with Crippen molar-refractivity contribution < 1.29 is 35.7 Å². The number of hydrogen-bond acceptors (Lipinski definition) is 4. The second-order valence-electron chi connectivity index (χ2n) is 6.34. The average Bonchev–Trinajstić information content (AvgIpc) is 2.55. The number of aryl methyl sites for hydroxylation is 2. The van der Waals surface area contributed by atoms with Crippen LogP contribution < -0.4 is 0 Å². The van der Waals surface area contributed by atoms with E-state index in [1.807, 2.05) is 38.1 Å². The monoisotopic (exact) mass is 410 g/mol. The Balaban J connectivity index is 0.000000483. The van der Waals surface area contributed by atoms with Crippen LogP contribution in [0.4, 0.5) is 0 Å². The molecule has 4 nitrogen and oxygen atoms in total. The van der Waals surface area contributed by atoms with E-state index >= 15 is 0 Å². The minimum absolute atomic E-state index is 0. The molecule has 0 aliphatic heterocycles. The molecular formula is C22H24NiO4+2. The molecule has 0 spiro atoms. The molecule has 0 atom stereocenters. The van der Waals surface area contributed by atoms with Crippen LogP contribution in [-0.2, 0) is 26.1 Å². The quantitative estimate of drug-likeness (QED) is 0.404. The fourth-order valence-electron chi connectivity index (χ4n) is 2.14. The molecule has 0 saturated carbocycles. The third-order valence-corrected chi connectivity index (χ3v) is 3.57. The normalized spacial score (nSPS) is 9.33. The number of carbonyl (C=O) groups is 4. The van der Waals surface area contributed by atoms with Crippen molar-refractivity contribution in [3.05, 3.63) is 70.8 Å². The molecule has 0 unspecified atom stereocenters. The topological polar surface area (TPSA) is 68.3 Å². The molecule has 0 N–H and O–H groups in total. The maximum atomic E-state index is 11.3. The average molecular weight is 411 g/mol. The Labute approximate surface area is 170 Å². The van der Waals surface area contributed by atoms with Crippen molar-refractivity contribution in [1.29, 1.82) is 0 Å². The van der Waals surface area contributed by atoms with Crippen molar-refractivity contribution in [2.24, 2.45) is 0 Å². The summed E-state index contributed by atoms with van der Waals surface area (Å²) in [6.07, 6.45) is 0.00607. The molecule has 0 bridgehead atoms. The van der Waals surface area contributed by atoms with E-state index in [4.69, 9.17) is 0 Å². The van der Waals surface area contributed by atoms with Crippen molar-refractivity contribution in [3.63, 3.8) is 0 Å². The van der Waals surface area contributed by atoms with Gasteiger partial charge in [-0.3, -0.25) is 19.2 Å². The Morgan fingerprint density at radius 2 is 0.852 bits per heavy atom. The predicted octanol–water partition coefficient (Wildman–Crippen LogP) is 4.31. The van der Waals surface area contributed by atoms with Crippen LogP contribution in [0.3, 0.4) is 0 Å². The predicted molar refractivity (Wildman–Crippen MR) is 102 cm³/mol. The molecule has 0 radical (unpaired) electrons. The zero-order valence-corrected chi connectivity index (χ0v) is 17.0. The number of Topliss-reactive ketones (excluding diaryl/α,β-unsaturated/α-hetero) is 4. The third-order valence-electron chi connectivity index (χ3n) is 3.57. The molecule has 0 heterocycles. The Hall–Kier alpha value is -2.39. The second kappa shape index (κ2) is 12.1. The van der Waals surface area contributed by atoms with Crippen molar-refractivity contribution in [1.82, 2.24) is 0 Å². The summed E-state index contributed by atoms with van der Waals surface area (Å²) in [7, 11) is 0. The summed E-state index contributed by atoms with van der Waals surface area (Å²) in [5.74, 6) is -0.392. The van der Waals surface area contributed by atoms with Gasteiger partial charge in [0.25, 0.3) is 0 Å². The first-order valence-corrected chi connectivity index (χ1v) is 8.37. The second-order valence-corrected chi connectivity index (χ2v) is 6.34. The Morgan fingerprint density at radius 1 is 0.593 bits per heavy atom. The van der Waals surface area contributed by atoms with E-state index in [9.17, 15) is 19.2 Å². The summed E-state index contributed by atoms with van der Waals surface area (Å²) >= 11 is 0. The van der Waals surface area contributed by atoms with E-state index in [-0.39, 0.29) is 52.5 Å². The summed E-state index contributed by atoms with van der Waals surface area (Å²) in [6.45, 7) is 6.76. The van der Waals surface area contributed by atoms with Crippen LogP contribution in [0.5, 0.6) is 0 Å². The van der Waals surface area contributed by atoms with Gasteiger partial charge in [-0.2, -0.15) is 0 Å².